The van der Waals surface area contributed by atoms with E-state index in [4.69, 9.17) is 0 Å². The Morgan fingerprint density at radius 1 is 1.39 bits per heavy atom. The minimum absolute atomic E-state index is 0.0536. The van der Waals surface area contributed by atoms with Crippen LogP contribution in [0.2, 0.25) is 0 Å². The number of rotatable bonds is 5. The molecule has 0 radical (unpaired) electrons. The Morgan fingerprint density at radius 2 is 2.09 bits per heavy atom. The summed E-state index contributed by atoms with van der Waals surface area (Å²) < 4.78 is 0. The van der Waals surface area contributed by atoms with E-state index in [1.165, 1.54) is 12.1 Å². The second kappa shape index (κ2) is 8.31. The van der Waals surface area contributed by atoms with Gasteiger partial charge in [0.2, 0.25) is 5.91 Å². The highest BCUT2D eigenvalue weighted by atomic mass is 32.2. The number of likely N-dealkylation sites (N-methyl/N-ethyl adjacent to an activating group) is 1. The molecule has 126 valence electrons. The van der Waals surface area contributed by atoms with Crippen LogP contribution >= 0.6 is 11.8 Å². The summed E-state index contributed by atoms with van der Waals surface area (Å²) in [4.78, 5) is 27.1. The molecule has 1 fully saturated rings. The van der Waals surface area contributed by atoms with E-state index in [9.17, 15) is 14.9 Å². The number of carbonyl (C=O) groups excluding carboxylic acids is 1. The van der Waals surface area contributed by atoms with E-state index in [0.717, 1.165) is 36.6 Å². The van der Waals surface area contributed by atoms with Crippen molar-refractivity contribution in [1.29, 1.82) is 0 Å². The zero-order valence-electron chi connectivity index (χ0n) is 13.6. The Labute approximate surface area is 141 Å². The fraction of sp³-hybridized carbons (Fsp3) is 0.562. The van der Waals surface area contributed by atoms with Gasteiger partial charge in [0.15, 0.2) is 0 Å². The van der Waals surface area contributed by atoms with Gasteiger partial charge in [0.05, 0.1) is 17.4 Å². The Bertz CT molecular complexity index is 548. The molecule has 0 N–H and O–H groups in total. The number of nitro groups is 1. The molecule has 1 aliphatic rings. The summed E-state index contributed by atoms with van der Waals surface area (Å²) in [5.41, 5.74) is 0.874. The zero-order valence-corrected chi connectivity index (χ0v) is 14.4. The average molecular weight is 337 g/mol. The molecule has 1 unspecified atom stereocenters. The quantitative estimate of drug-likeness (QED) is 0.607. The highest BCUT2D eigenvalue weighted by Crippen LogP contribution is 2.19. The van der Waals surface area contributed by atoms with Gasteiger partial charge in [-0.25, -0.2) is 0 Å². The Kier molecular flexibility index (Phi) is 6.41. The van der Waals surface area contributed by atoms with E-state index in [1.807, 2.05) is 30.8 Å². The van der Waals surface area contributed by atoms with E-state index in [-0.39, 0.29) is 17.6 Å². The van der Waals surface area contributed by atoms with Crippen molar-refractivity contribution >= 4 is 23.4 Å². The van der Waals surface area contributed by atoms with Crippen molar-refractivity contribution in [2.75, 3.05) is 38.7 Å². The first-order chi connectivity index (χ1) is 11.0. The lowest BCUT2D eigenvalue weighted by atomic mass is 10.1. The van der Waals surface area contributed by atoms with Gasteiger partial charge in [0.1, 0.15) is 0 Å². The van der Waals surface area contributed by atoms with E-state index in [2.05, 4.69) is 4.90 Å². The number of benzene rings is 1. The Balaban J connectivity index is 2.05. The summed E-state index contributed by atoms with van der Waals surface area (Å²) in [6.45, 7) is 1.65. The maximum absolute atomic E-state index is 12.7. The van der Waals surface area contributed by atoms with Crippen LogP contribution in [0.15, 0.2) is 24.3 Å². The summed E-state index contributed by atoms with van der Waals surface area (Å²) in [5, 5.41) is 10.7. The molecule has 1 heterocycles. The van der Waals surface area contributed by atoms with Crippen molar-refractivity contribution in [2.45, 2.75) is 18.9 Å². The van der Waals surface area contributed by atoms with Gasteiger partial charge in [-0.1, -0.05) is 12.1 Å². The number of hydrogen-bond donors (Lipinski definition) is 0. The summed E-state index contributed by atoms with van der Waals surface area (Å²) >= 11 is 1.90. The lowest BCUT2D eigenvalue weighted by Crippen LogP contribution is -2.47. The fourth-order valence-corrected chi connectivity index (χ4v) is 3.80. The standard InChI is InChI=1S/C16H23N3O3S/c1-17(2)11-15-12-23-9-3-8-18(15)16(20)10-13-4-6-14(7-5-13)19(21)22/h4-7,15H,3,8-12H2,1-2H3. The highest BCUT2D eigenvalue weighted by molar-refractivity contribution is 7.99. The van der Waals surface area contributed by atoms with Crippen molar-refractivity contribution in [3.63, 3.8) is 0 Å². The molecule has 1 amide bonds. The molecule has 1 aliphatic heterocycles. The van der Waals surface area contributed by atoms with Crippen LogP contribution in [0, 0.1) is 10.1 Å². The van der Waals surface area contributed by atoms with Crippen LogP contribution < -0.4 is 0 Å². The smallest absolute Gasteiger partial charge is 0.269 e. The summed E-state index contributed by atoms with van der Waals surface area (Å²) in [7, 11) is 4.04. The lowest BCUT2D eigenvalue weighted by molar-refractivity contribution is -0.384. The number of amides is 1. The molecule has 0 bridgehead atoms. The Morgan fingerprint density at radius 3 is 2.70 bits per heavy atom. The van der Waals surface area contributed by atoms with E-state index in [1.54, 1.807) is 12.1 Å². The van der Waals surface area contributed by atoms with E-state index in [0.29, 0.717) is 6.42 Å². The van der Waals surface area contributed by atoms with Crippen LogP contribution in [-0.4, -0.2) is 65.4 Å². The monoisotopic (exact) mass is 337 g/mol. The molecule has 0 aliphatic carbocycles. The molecule has 6 nitrogen and oxygen atoms in total. The van der Waals surface area contributed by atoms with Crippen molar-refractivity contribution in [3.05, 3.63) is 39.9 Å². The third kappa shape index (κ3) is 5.21. The number of non-ortho nitro benzene ring substituents is 1. The van der Waals surface area contributed by atoms with Gasteiger partial charge in [0.25, 0.3) is 5.69 Å². The number of nitrogens with zero attached hydrogens (tertiary/aromatic N) is 3. The van der Waals surface area contributed by atoms with Crippen molar-refractivity contribution in [1.82, 2.24) is 9.80 Å². The number of thioether (sulfide) groups is 1. The molecule has 1 atom stereocenters. The molecule has 0 spiro atoms. The number of nitro benzene ring substituents is 1. The second-order valence-electron chi connectivity index (χ2n) is 6.03. The SMILES string of the molecule is CN(C)CC1CSCCCN1C(=O)Cc1ccc([N+](=O)[O-])cc1. The van der Waals surface area contributed by atoms with Crippen molar-refractivity contribution in [3.8, 4) is 0 Å². The van der Waals surface area contributed by atoms with Gasteiger partial charge < -0.3 is 9.80 Å². The predicted molar refractivity (Wildman–Crippen MR) is 92.8 cm³/mol. The zero-order chi connectivity index (χ0) is 16.8. The molecule has 23 heavy (non-hydrogen) atoms. The number of carbonyl (C=O) groups is 1. The second-order valence-corrected chi connectivity index (χ2v) is 7.18. The molecule has 7 heteroatoms. The highest BCUT2D eigenvalue weighted by Gasteiger charge is 2.26. The fourth-order valence-electron chi connectivity index (χ4n) is 2.74. The summed E-state index contributed by atoms with van der Waals surface area (Å²) in [6, 6.07) is 6.48. The lowest BCUT2D eigenvalue weighted by Gasteiger charge is -2.31. The molecular weight excluding hydrogens is 314 g/mol. The maximum atomic E-state index is 12.7. The topological polar surface area (TPSA) is 66.7 Å². The molecule has 1 aromatic rings. The number of hydrogen-bond acceptors (Lipinski definition) is 5. The minimum Gasteiger partial charge on any atom is -0.337 e. The van der Waals surface area contributed by atoms with Crippen LogP contribution in [0.4, 0.5) is 5.69 Å². The van der Waals surface area contributed by atoms with Gasteiger partial charge in [-0.2, -0.15) is 11.8 Å². The van der Waals surface area contributed by atoms with Gasteiger partial charge in [-0.05, 0) is 31.8 Å². The average Bonchev–Trinajstić information content (AvgIpc) is 2.72. The minimum atomic E-state index is -0.426. The molecular formula is C16H23N3O3S. The van der Waals surface area contributed by atoms with Gasteiger partial charge >= 0.3 is 0 Å². The van der Waals surface area contributed by atoms with Crippen LogP contribution in [0.5, 0.6) is 0 Å². The first-order valence-electron chi connectivity index (χ1n) is 7.72. The Hall–Kier alpha value is -1.60. The largest absolute Gasteiger partial charge is 0.337 e. The van der Waals surface area contributed by atoms with E-state index >= 15 is 0 Å². The molecule has 0 aromatic heterocycles. The third-order valence-electron chi connectivity index (χ3n) is 3.84. The van der Waals surface area contributed by atoms with Gasteiger partial charge in [-0.3, -0.25) is 14.9 Å². The van der Waals surface area contributed by atoms with Crippen LogP contribution in [0.3, 0.4) is 0 Å². The molecule has 0 saturated carbocycles. The summed E-state index contributed by atoms with van der Waals surface area (Å²) in [6.07, 6.45) is 1.31. The molecule has 1 aromatic carbocycles. The van der Waals surface area contributed by atoms with Crippen LogP contribution in [0.25, 0.3) is 0 Å². The predicted octanol–water partition coefficient (Wildman–Crippen LogP) is 2.03. The van der Waals surface area contributed by atoms with Crippen molar-refractivity contribution < 1.29 is 9.72 Å². The first-order valence-corrected chi connectivity index (χ1v) is 8.88. The summed E-state index contributed by atoms with van der Waals surface area (Å²) in [5.74, 6) is 2.16. The molecule has 2 rings (SSSR count). The third-order valence-corrected chi connectivity index (χ3v) is 5.04. The molecule has 1 saturated heterocycles. The van der Waals surface area contributed by atoms with Gasteiger partial charge in [-0.15, -0.1) is 0 Å². The van der Waals surface area contributed by atoms with Crippen LogP contribution in [-0.2, 0) is 11.2 Å². The van der Waals surface area contributed by atoms with E-state index < -0.39 is 4.92 Å². The first kappa shape index (κ1) is 17.7. The van der Waals surface area contributed by atoms with Gasteiger partial charge in [0, 0.05) is 31.0 Å². The normalized spacial score (nSPS) is 18.7. The maximum Gasteiger partial charge on any atom is 0.269 e. The van der Waals surface area contributed by atoms with Crippen molar-refractivity contribution in [2.24, 2.45) is 0 Å². The van der Waals surface area contributed by atoms with Crippen LogP contribution in [0.1, 0.15) is 12.0 Å².